The third kappa shape index (κ3) is 5.21. The molecule has 0 saturated heterocycles. The highest BCUT2D eigenvalue weighted by molar-refractivity contribution is 7.13. The Morgan fingerprint density at radius 1 is 1.16 bits per heavy atom. The number of fused-ring (bicyclic) bond motifs is 1. The lowest BCUT2D eigenvalue weighted by molar-refractivity contribution is -0.137. The number of aliphatic carboxylic acids is 1. The van der Waals surface area contributed by atoms with Gasteiger partial charge in [-0.3, -0.25) is 4.79 Å². The summed E-state index contributed by atoms with van der Waals surface area (Å²) in [6.45, 7) is 3.05. The molecule has 1 aromatic carbocycles. The maximum absolute atomic E-state index is 10.9. The van der Waals surface area contributed by atoms with Crippen LogP contribution in [0.4, 0.5) is 0 Å². The van der Waals surface area contributed by atoms with E-state index < -0.39 is 5.97 Å². The fourth-order valence-corrected chi connectivity index (χ4v) is 4.07. The number of carboxylic acid groups (broad SMARTS) is 1. The zero-order valence-electron chi connectivity index (χ0n) is 17.2. The van der Waals surface area contributed by atoms with Gasteiger partial charge in [-0.15, -0.1) is 11.3 Å². The maximum atomic E-state index is 10.9. The number of pyridine rings is 1. The van der Waals surface area contributed by atoms with Gasteiger partial charge < -0.3 is 19.1 Å². The number of hydrogen-bond donors (Lipinski definition) is 1. The first-order valence-electron chi connectivity index (χ1n) is 10.1. The van der Waals surface area contributed by atoms with Crippen LogP contribution >= 0.6 is 11.3 Å². The number of hydrogen-bond acceptors (Lipinski definition) is 6. The molecule has 0 saturated carbocycles. The fourth-order valence-electron chi connectivity index (χ4n) is 3.17. The van der Waals surface area contributed by atoms with E-state index in [9.17, 15) is 4.79 Å². The number of carbonyl (C=O) groups is 1. The Labute approximate surface area is 183 Å². The van der Waals surface area contributed by atoms with Gasteiger partial charge >= 0.3 is 5.97 Å². The minimum absolute atomic E-state index is 0.0559. The number of benzene rings is 1. The van der Waals surface area contributed by atoms with Gasteiger partial charge in [-0.2, -0.15) is 0 Å². The van der Waals surface area contributed by atoms with Crippen LogP contribution in [0.1, 0.15) is 19.0 Å². The summed E-state index contributed by atoms with van der Waals surface area (Å²) in [5.74, 6) is 0.464. The second-order valence-corrected chi connectivity index (χ2v) is 7.85. The summed E-state index contributed by atoms with van der Waals surface area (Å²) >= 11 is 1.62. The molecule has 160 valence electrons. The van der Waals surface area contributed by atoms with E-state index in [1.54, 1.807) is 28.3 Å². The van der Waals surface area contributed by atoms with E-state index in [2.05, 4.69) is 22.3 Å². The Morgan fingerprint density at radius 2 is 2.03 bits per heavy atom. The summed E-state index contributed by atoms with van der Waals surface area (Å²) in [6, 6.07) is 11.4. The van der Waals surface area contributed by atoms with Gasteiger partial charge in [0, 0.05) is 46.7 Å². The zero-order valence-corrected chi connectivity index (χ0v) is 18.0. The molecular formula is C23H23N3O4S. The second-order valence-electron chi connectivity index (χ2n) is 6.99. The van der Waals surface area contributed by atoms with Gasteiger partial charge in [0.25, 0.3) is 0 Å². The number of carboxylic acids is 1. The van der Waals surface area contributed by atoms with Crippen molar-refractivity contribution in [2.24, 2.45) is 0 Å². The maximum Gasteiger partial charge on any atom is 0.323 e. The summed E-state index contributed by atoms with van der Waals surface area (Å²) in [7, 11) is 0. The predicted octanol–water partition coefficient (Wildman–Crippen LogP) is 4.65. The van der Waals surface area contributed by atoms with Gasteiger partial charge in [0.15, 0.2) is 0 Å². The zero-order chi connectivity index (χ0) is 21.6. The summed E-state index contributed by atoms with van der Waals surface area (Å²) in [5.41, 5.74) is 2.96. The van der Waals surface area contributed by atoms with Crippen LogP contribution in [0.3, 0.4) is 0 Å². The monoisotopic (exact) mass is 437 g/mol. The first-order valence-corrected chi connectivity index (χ1v) is 11.0. The van der Waals surface area contributed by atoms with Crippen LogP contribution in [0.5, 0.6) is 11.6 Å². The largest absolute Gasteiger partial charge is 0.493 e. The van der Waals surface area contributed by atoms with Crippen LogP contribution in [0, 0.1) is 0 Å². The van der Waals surface area contributed by atoms with E-state index in [0.717, 1.165) is 39.3 Å². The minimum Gasteiger partial charge on any atom is -0.493 e. The second kappa shape index (κ2) is 9.61. The van der Waals surface area contributed by atoms with Crippen molar-refractivity contribution in [3.63, 3.8) is 0 Å². The molecule has 3 aromatic heterocycles. The highest BCUT2D eigenvalue weighted by atomic mass is 32.1. The van der Waals surface area contributed by atoms with Gasteiger partial charge in [0.05, 0.1) is 18.9 Å². The van der Waals surface area contributed by atoms with Crippen LogP contribution in [-0.4, -0.2) is 38.8 Å². The third-order valence-corrected chi connectivity index (χ3v) is 5.69. The summed E-state index contributed by atoms with van der Waals surface area (Å²) in [6.07, 6.45) is 5.20. The molecule has 1 N–H and O–H groups in total. The molecule has 0 bridgehead atoms. The standard InChI is InChI=1S/C23H23N3O4S/c1-2-18-15-31-23(25-18)17-4-7-21(24-13-17)30-11-3-10-29-19-5-6-20-16(12-19)8-9-26(20)14-22(27)28/h4-9,12-13,15H,2-3,10-11,14H2,1H3,(H,27,28). The van der Waals surface area contributed by atoms with Crippen molar-refractivity contribution in [1.29, 1.82) is 0 Å². The van der Waals surface area contributed by atoms with Crippen molar-refractivity contribution in [2.75, 3.05) is 13.2 Å². The SMILES string of the molecule is CCc1csc(-c2ccc(OCCCOc3ccc4c(ccn4CC(=O)O)c3)nc2)n1. The van der Waals surface area contributed by atoms with Crippen molar-refractivity contribution >= 4 is 28.2 Å². The van der Waals surface area contributed by atoms with E-state index in [1.165, 1.54) is 0 Å². The molecule has 0 spiro atoms. The average molecular weight is 438 g/mol. The molecule has 0 amide bonds. The smallest absolute Gasteiger partial charge is 0.323 e. The van der Waals surface area contributed by atoms with Crippen molar-refractivity contribution in [3.05, 3.63) is 59.9 Å². The summed E-state index contributed by atoms with van der Waals surface area (Å²) in [4.78, 5) is 19.8. The summed E-state index contributed by atoms with van der Waals surface area (Å²) < 4.78 is 13.2. The molecule has 0 radical (unpaired) electrons. The van der Waals surface area contributed by atoms with Gasteiger partial charge in [0.2, 0.25) is 5.88 Å². The quantitative estimate of drug-likeness (QED) is 0.363. The predicted molar refractivity (Wildman–Crippen MR) is 120 cm³/mol. The molecule has 4 rings (SSSR count). The number of nitrogens with zero attached hydrogens (tertiary/aromatic N) is 3. The third-order valence-electron chi connectivity index (χ3n) is 4.75. The lowest BCUT2D eigenvalue weighted by Crippen LogP contribution is -2.07. The van der Waals surface area contributed by atoms with Crippen LogP contribution in [0.25, 0.3) is 21.5 Å². The summed E-state index contributed by atoms with van der Waals surface area (Å²) in [5, 5.41) is 13.0. The molecule has 0 atom stereocenters. The van der Waals surface area contributed by atoms with E-state index in [0.29, 0.717) is 25.5 Å². The highest BCUT2D eigenvalue weighted by Crippen LogP contribution is 2.25. The highest BCUT2D eigenvalue weighted by Gasteiger charge is 2.07. The van der Waals surface area contributed by atoms with Crippen molar-refractivity contribution in [3.8, 4) is 22.2 Å². The Hall–Kier alpha value is -3.39. The minimum atomic E-state index is -0.865. The van der Waals surface area contributed by atoms with Gasteiger partial charge in [0.1, 0.15) is 17.3 Å². The van der Waals surface area contributed by atoms with Gasteiger partial charge in [-0.1, -0.05) is 6.92 Å². The molecule has 0 aliphatic carbocycles. The number of aryl methyl sites for hydroxylation is 1. The Morgan fingerprint density at radius 3 is 2.77 bits per heavy atom. The van der Waals surface area contributed by atoms with E-state index in [1.807, 2.05) is 36.4 Å². The molecule has 31 heavy (non-hydrogen) atoms. The van der Waals surface area contributed by atoms with E-state index in [-0.39, 0.29) is 6.54 Å². The van der Waals surface area contributed by atoms with Crippen molar-refractivity contribution in [2.45, 2.75) is 26.3 Å². The van der Waals surface area contributed by atoms with E-state index >= 15 is 0 Å². The molecule has 0 aliphatic rings. The van der Waals surface area contributed by atoms with Crippen LogP contribution in [0.2, 0.25) is 0 Å². The molecule has 0 fully saturated rings. The van der Waals surface area contributed by atoms with Crippen LogP contribution in [-0.2, 0) is 17.8 Å². The molecular weight excluding hydrogens is 414 g/mol. The lowest BCUT2D eigenvalue weighted by Gasteiger charge is -2.08. The van der Waals surface area contributed by atoms with Crippen LogP contribution < -0.4 is 9.47 Å². The molecule has 7 nitrogen and oxygen atoms in total. The Balaban J connectivity index is 1.23. The molecule has 0 aliphatic heterocycles. The van der Waals surface area contributed by atoms with Crippen molar-refractivity contribution < 1.29 is 19.4 Å². The van der Waals surface area contributed by atoms with Gasteiger partial charge in [-0.25, -0.2) is 9.97 Å². The first kappa shape index (κ1) is 20.9. The van der Waals surface area contributed by atoms with E-state index in [4.69, 9.17) is 14.6 Å². The number of rotatable bonds is 10. The number of aromatic nitrogens is 3. The van der Waals surface area contributed by atoms with Crippen LogP contribution in [0.15, 0.2) is 54.2 Å². The lowest BCUT2D eigenvalue weighted by atomic mass is 10.2. The molecule has 8 heteroatoms. The Kier molecular flexibility index (Phi) is 6.47. The Bertz CT molecular complexity index is 1170. The van der Waals surface area contributed by atoms with Gasteiger partial charge in [-0.05, 0) is 36.8 Å². The normalized spacial score (nSPS) is 11.0. The molecule has 0 unspecified atom stereocenters. The topological polar surface area (TPSA) is 86.5 Å². The average Bonchev–Trinajstić information content (AvgIpc) is 3.41. The fraction of sp³-hybridized carbons (Fsp3) is 0.261. The van der Waals surface area contributed by atoms with Crippen molar-refractivity contribution in [1.82, 2.24) is 14.5 Å². The molecule has 4 aromatic rings. The molecule has 3 heterocycles. The number of thiazole rings is 1. The first-order chi connectivity index (χ1) is 15.1. The number of ether oxygens (including phenoxy) is 2.